The lowest BCUT2D eigenvalue weighted by atomic mass is 10.2. The van der Waals surface area contributed by atoms with Gasteiger partial charge < -0.3 is 4.57 Å². The molecule has 0 aliphatic carbocycles. The maximum absolute atomic E-state index is 2.38. The second kappa shape index (κ2) is 3.09. The van der Waals surface area contributed by atoms with E-state index in [1.165, 1.54) is 14.6 Å². The van der Waals surface area contributed by atoms with Crippen molar-refractivity contribution in [2.75, 3.05) is 0 Å². The predicted octanol–water partition coefficient (Wildman–Crippen LogP) is 3.27. The van der Waals surface area contributed by atoms with E-state index in [0.29, 0.717) is 0 Å². The van der Waals surface area contributed by atoms with E-state index >= 15 is 0 Å². The van der Waals surface area contributed by atoms with Crippen molar-refractivity contribution >= 4 is 33.5 Å². The third kappa shape index (κ3) is 1.14. The summed E-state index contributed by atoms with van der Waals surface area (Å²) in [6.45, 7) is 3.22. The summed E-state index contributed by atoms with van der Waals surface area (Å²) in [6.07, 6.45) is 0. The highest BCUT2D eigenvalue weighted by Crippen LogP contribution is 2.20. The van der Waals surface area contributed by atoms with Crippen LogP contribution in [0.3, 0.4) is 0 Å². The van der Waals surface area contributed by atoms with Crippen molar-refractivity contribution in [1.29, 1.82) is 0 Å². The minimum Gasteiger partial charge on any atom is -0.336 e. The topological polar surface area (TPSA) is 4.93 Å². The van der Waals surface area contributed by atoms with Crippen molar-refractivity contribution in [3.8, 4) is 0 Å². The SMILES string of the molecule is CCn1c(I)cc2ccccc21. The van der Waals surface area contributed by atoms with Crippen molar-refractivity contribution in [1.82, 2.24) is 4.57 Å². The van der Waals surface area contributed by atoms with Crippen LogP contribution in [0.1, 0.15) is 6.92 Å². The Bertz CT molecular complexity index is 403. The molecular weight excluding hydrogens is 261 g/mol. The first-order valence-electron chi connectivity index (χ1n) is 4.06. The number of aromatic nitrogens is 1. The molecule has 0 saturated heterocycles. The number of rotatable bonds is 1. The standard InChI is InChI=1S/C10H10IN/c1-2-12-9-6-4-3-5-8(9)7-10(12)11/h3-7H,2H2,1H3. The Morgan fingerprint density at radius 1 is 1.33 bits per heavy atom. The monoisotopic (exact) mass is 271 g/mol. The highest BCUT2D eigenvalue weighted by Gasteiger charge is 2.02. The molecule has 0 unspecified atom stereocenters. The van der Waals surface area contributed by atoms with E-state index in [-0.39, 0.29) is 0 Å². The van der Waals surface area contributed by atoms with Gasteiger partial charge in [-0.25, -0.2) is 0 Å². The second-order valence-electron chi connectivity index (χ2n) is 2.77. The summed E-state index contributed by atoms with van der Waals surface area (Å²) >= 11 is 2.38. The first kappa shape index (κ1) is 8.10. The van der Waals surface area contributed by atoms with Crippen LogP contribution >= 0.6 is 22.6 Å². The molecule has 0 bridgehead atoms. The molecule has 1 aromatic carbocycles. The fraction of sp³-hybridized carbons (Fsp3) is 0.200. The molecule has 0 aliphatic heterocycles. The average molecular weight is 271 g/mol. The molecule has 0 N–H and O–H groups in total. The zero-order valence-electron chi connectivity index (χ0n) is 6.92. The van der Waals surface area contributed by atoms with Gasteiger partial charge in [0.2, 0.25) is 0 Å². The molecule has 1 nitrogen and oxygen atoms in total. The molecule has 0 amide bonds. The second-order valence-corrected chi connectivity index (χ2v) is 3.88. The minimum atomic E-state index is 1.05. The summed E-state index contributed by atoms with van der Waals surface area (Å²) in [5.41, 5.74) is 1.34. The molecule has 62 valence electrons. The zero-order valence-corrected chi connectivity index (χ0v) is 9.08. The van der Waals surface area contributed by atoms with Gasteiger partial charge >= 0.3 is 0 Å². The summed E-state index contributed by atoms with van der Waals surface area (Å²) in [5, 5.41) is 1.34. The van der Waals surface area contributed by atoms with E-state index in [0.717, 1.165) is 6.54 Å². The van der Waals surface area contributed by atoms with Crippen molar-refractivity contribution < 1.29 is 0 Å². The molecule has 2 heteroatoms. The van der Waals surface area contributed by atoms with E-state index in [2.05, 4.69) is 64.4 Å². The van der Waals surface area contributed by atoms with Gasteiger partial charge in [0.1, 0.15) is 0 Å². The largest absolute Gasteiger partial charge is 0.336 e. The van der Waals surface area contributed by atoms with Crippen LogP contribution in [0.4, 0.5) is 0 Å². The predicted molar refractivity (Wildman–Crippen MR) is 60.3 cm³/mol. The number of fused-ring (bicyclic) bond motifs is 1. The Morgan fingerprint density at radius 2 is 2.08 bits per heavy atom. The number of para-hydroxylation sites is 1. The van der Waals surface area contributed by atoms with Gasteiger partial charge in [0.15, 0.2) is 0 Å². The van der Waals surface area contributed by atoms with Crippen LogP contribution < -0.4 is 0 Å². The summed E-state index contributed by atoms with van der Waals surface area (Å²) in [7, 11) is 0. The fourth-order valence-electron chi connectivity index (χ4n) is 1.50. The smallest absolute Gasteiger partial charge is 0.0809 e. The lowest BCUT2D eigenvalue weighted by Crippen LogP contribution is -1.94. The van der Waals surface area contributed by atoms with Crippen molar-refractivity contribution in [3.05, 3.63) is 34.0 Å². The van der Waals surface area contributed by atoms with Gasteiger partial charge in [-0.1, -0.05) is 18.2 Å². The van der Waals surface area contributed by atoms with Gasteiger partial charge in [-0.15, -0.1) is 0 Å². The average Bonchev–Trinajstić information content (AvgIpc) is 2.40. The minimum absolute atomic E-state index is 1.05. The third-order valence-corrected chi connectivity index (χ3v) is 2.97. The highest BCUT2D eigenvalue weighted by atomic mass is 127. The molecule has 12 heavy (non-hydrogen) atoms. The van der Waals surface area contributed by atoms with Gasteiger partial charge in [0.05, 0.1) is 3.70 Å². The van der Waals surface area contributed by atoms with Gasteiger partial charge in [0, 0.05) is 17.4 Å². The summed E-state index contributed by atoms with van der Waals surface area (Å²) in [6, 6.07) is 10.7. The summed E-state index contributed by atoms with van der Waals surface area (Å²) in [5.74, 6) is 0. The summed E-state index contributed by atoms with van der Waals surface area (Å²) in [4.78, 5) is 0. The first-order chi connectivity index (χ1) is 5.83. The van der Waals surface area contributed by atoms with Crippen LogP contribution in [-0.2, 0) is 6.54 Å². The van der Waals surface area contributed by atoms with Crippen LogP contribution in [0.2, 0.25) is 0 Å². The van der Waals surface area contributed by atoms with E-state index < -0.39 is 0 Å². The highest BCUT2D eigenvalue weighted by molar-refractivity contribution is 14.1. The lowest BCUT2D eigenvalue weighted by molar-refractivity contribution is 0.778. The Hall–Kier alpha value is -0.510. The van der Waals surface area contributed by atoms with Crippen LogP contribution in [0.25, 0.3) is 10.9 Å². The number of hydrogen-bond acceptors (Lipinski definition) is 0. The van der Waals surface area contributed by atoms with E-state index in [9.17, 15) is 0 Å². The van der Waals surface area contributed by atoms with Crippen LogP contribution in [0.15, 0.2) is 30.3 Å². The molecule has 1 aromatic heterocycles. The Balaban J connectivity index is 2.81. The Kier molecular flexibility index (Phi) is 2.09. The van der Waals surface area contributed by atoms with Gasteiger partial charge in [-0.3, -0.25) is 0 Å². The molecule has 1 heterocycles. The molecule has 0 saturated carbocycles. The zero-order chi connectivity index (χ0) is 8.55. The fourth-order valence-corrected chi connectivity index (χ4v) is 2.43. The molecule has 0 spiro atoms. The van der Waals surface area contributed by atoms with E-state index in [4.69, 9.17) is 0 Å². The quantitative estimate of drug-likeness (QED) is 0.701. The molecule has 2 rings (SSSR count). The number of aryl methyl sites for hydroxylation is 1. The number of benzene rings is 1. The molecule has 2 aromatic rings. The maximum atomic E-state index is 2.38. The molecular formula is C10H10IN. The van der Waals surface area contributed by atoms with Crippen molar-refractivity contribution in [2.24, 2.45) is 0 Å². The number of hydrogen-bond donors (Lipinski definition) is 0. The maximum Gasteiger partial charge on any atom is 0.0809 e. The first-order valence-corrected chi connectivity index (χ1v) is 5.14. The molecule has 0 fully saturated rings. The van der Waals surface area contributed by atoms with Crippen LogP contribution in [0, 0.1) is 3.70 Å². The molecule has 0 aliphatic rings. The summed E-state index contributed by atoms with van der Waals surface area (Å²) < 4.78 is 3.63. The lowest BCUT2D eigenvalue weighted by Gasteiger charge is -2.01. The number of halogens is 1. The van der Waals surface area contributed by atoms with Crippen molar-refractivity contribution in [2.45, 2.75) is 13.5 Å². The van der Waals surface area contributed by atoms with Crippen molar-refractivity contribution in [3.63, 3.8) is 0 Å². The normalized spacial score (nSPS) is 10.8. The Morgan fingerprint density at radius 3 is 2.83 bits per heavy atom. The molecule has 0 atom stereocenters. The molecule has 0 radical (unpaired) electrons. The van der Waals surface area contributed by atoms with E-state index in [1.807, 2.05) is 0 Å². The van der Waals surface area contributed by atoms with Gasteiger partial charge in [-0.05, 0) is 41.6 Å². The van der Waals surface area contributed by atoms with E-state index in [1.54, 1.807) is 0 Å². The van der Waals surface area contributed by atoms with Gasteiger partial charge in [-0.2, -0.15) is 0 Å². The third-order valence-electron chi connectivity index (χ3n) is 2.08. The van der Waals surface area contributed by atoms with Crippen LogP contribution in [0.5, 0.6) is 0 Å². The van der Waals surface area contributed by atoms with Gasteiger partial charge in [0.25, 0.3) is 0 Å². The van der Waals surface area contributed by atoms with Crippen LogP contribution in [-0.4, -0.2) is 4.57 Å². The Labute approximate surface area is 85.5 Å². The number of nitrogens with zero attached hydrogens (tertiary/aromatic N) is 1.